The lowest BCUT2D eigenvalue weighted by Crippen LogP contribution is -3.14. The summed E-state index contributed by atoms with van der Waals surface area (Å²) >= 11 is 0. The van der Waals surface area contributed by atoms with Gasteiger partial charge in [0.25, 0.3) is 11.8 Å². The molecule has 29 heavy (non-hydrogen) atoms. The smallest absolute Gasteiger partial charge is 0.321 e. The van der Waals surface area contributed by atoms with Crippen LogP contribution >= 0.6 is 0 Å². The minimum Gasteiger partial charge on any atom is -0.321 e. The molecule has 5 nitrogen and oxygen atoms in total. The van der Waals surface area contributed by atoms with Crippen molar-refractivity contribution in [1.82, 2.24) is 0 Å². The molecule has 0 aliphatic heterocycles. The molecule has 2 atom stereocenters. The quantitative estimate of drug-likeness (QED) is 0.688. The Morgan fingerprint density at radius 2 is 1.72 bits per heavy atom. The Labute approximate surface area is 167 Å². The van der Waals surface area contributed by atoms with Crippen LogP contribution in [0.5, 0.6) is 0 Å². The predicted octanol–water partition coefficient (Wildman–Crippen LogP) is 2.80. The van der Waals surface area contributed by atoms with Gasteiger partial charge in [-0.25, -0.2) is 0 Å². The number of hydrogen-bond donors (Lipinski definition) is 3. The summed E-state index contributed by atoms with van der Waals surface area (Å²) in [5.41, 5.74) is 1.95. The van der Waals surface area contributed by atoms with Gasteiger partial charge >= 0.3 is 6.18 Å². The van der Waals surface area contributed by atoms with Crippen LogP contribution in [0.1, 0.15) is 23.6 Å². The van der Waals surface area contributed by atoms with Crippen molar-refractivity contribution in [1.29, 1.82) is 0 Å². The number of aryl methyl sites for hydroxylation is 1. The molecule has 2 rings (SSSR count). The predicted molar refractivity (Wildman–Crippen MR) is 106 cm³/mol. The highest BCUT2D eigenvalue weighted by Gasteiger charge is 2.31. The number of quaternary nitrogens is 1. The second-order valence-corrected chi connectivity index (χ2v) is 7.11. The van der Waals surface area contributed by atoms with E-state index in [1.165, 1.54) is 12.1 Å². The van der Waals surface area contributed by atoms with Gasteiger partial charge in [-0.15, -0.1) is 0 Å². The van der Waals surface area contributed by atoms with E-state index in [9.17, 15) is 22.8 Å². The van der Waals surface area contributed by atoms with E-state index in [0.29, 0.717) is 10.6 Å². The fraction of sp³-hybridized carbons (Fsp3) is 0.333. The fourth-order valence-corrected chi connectivity index (χ4v) is 2.73. The van der Waals surface area contributed by atoms with Crippen LogP contribution in [0.4, 0.5) is 24.5 Å². The lowest BCUT2D eigenvalue weighted by molar-refractivity contribution is -0.885. The van der Waals surface area contributed by atoms with Crippen LogP contribution in [-0.2, 0) is 15.8 Å². The average Bonchev–Trinajstić information content (AvgIpc) is 2.64. The molecule has 0 bridgehead atoms. The summed E-state index contributed by atoms with van der Waals surface area (Å²) in [5.74, 6) is -0.726. The SMILES string of the molecule is Cc1cccc(NC(=O)C[NH+](C)[C@@H](C)C(=O)Nc2cccc(C(F)(F)F)c2)c1C. The molecule has 0 saturated heterocycles. The monoisotopic (exact) mass is 408 g/mol. The van der Waals surface area contributed by atoms with Gasteiger partial charge < -0.3 is 15.5 Å². The van der Waals surface area contributed by atoms with Crippen LogP contribution in [0.25, 0.3) is 0 Å². The number of nitrogens with one attached hydrogen (secondary N) is 3. The van der Waals surface area contributed by atoms with Gasteiger partial charge in [0, 0.05) is 11.4 Å². The highest BCUT2D eigenvalue weighted by atomic mass is 19.4. The summed E-state index contributed by atoms with van der Waals surface area (Å²) in [6.07, 6.45) is -4.49. The molecule has 1 unspecified atom stereocenters. The van der Waals surface area contributed by atoms with Crippen LogP contribution < -0.4 is 15.5 Å². The van der Waals surface area contributed by atoms with Gasteiger partial charge in [0.2, 0.25) is 0 Å². The van der Waals surface area contributed by atoms with Gasteiger partial charge in [-0.05, 0) is 56.2 Å². The van der Waals surface area contributed by atoms with E-state index in [1.807, 2.05) is 26.0 Å². The number of halogens is 3. The zero-order chi connectivity index (χ0) is 21.8. The third-order valence-corrected chi connectivity index (χ3v) is 4.91. The standard InChI is InChI=1S/C21H24F3N3O2/c1-13-7-5-10-18(14(13)2)26-19(28)12-27(4)15(3)20(29)25-17-9-6-8-16(11-17)21(22,23)24/h5-11,15H,12H2,1-4H3,(H,25,29)(H,26,28)/p+1/t15-/m0/s1. The number of benzene rings is 2. The van der Waals surface area contributed by atoms with E-state index in [2.05, 4.69) is 10.6 Å². The second kappa shape index (κ2) is 9.09. The number of alkyl halides is 3. The highest BCUT2D eigenvalue weighted by Crippen LogP contribution is 2.30. The Hall–Kier alpha value is -2.87. The first-order valence-electron chi connectivity index (χ1n) is 9.15. The van der Waals surface area contributed by atoms with Crippen LogP contribution in [0, 0.1) is 13.8 Å². The summed E-state index contributed by atoms with van der Waals surface area (Å²) in [4.78, 5) is 25.4. The molecule has 0 aliphatic carbocycles. The highest BCUT2D eigenvalue weighted by molar-refractivity contribution is 5.95. The van der Waals surface area contributed by atoms with Crippen LogP contribution in [0.15, 0.2) is 42.5 Å². The molecule has 0 spiro atoms. The zero-order valence-electron chi connectivity index (χ0n) is 16.8. The van der Waals surface area contributed by atoms with Gasteiger partial charge in [0.15, 0.2) is 12.6 Å². The molecule has 0 aliphatic rings. The molecule has 0 heterocycles. The summed E-state index contributed by atoms with van der Waals surface area (Å²) in [7, 11) is 1.68. The van der Waals surface area contributed by atoms with Gasteiger partial charge in [-0.3, -0.25) is 9.59 Å². The van der Waals surface area contributed by atoms with E-state index in [-0.39, 0.29) is 18.1 Å². The lowest BCUT2D eigenvalue weighted by Gasteiger charge is -2.21. The van der Waals surface area contributed by atoms with Gasteiger partial charge in [0.05, 0.1) is 12.6 Å². The average molecular weight is 408 g/mol. The van der Waals surface area contributed by atoms with E-state index < -0.39 is 23.7 Å². The minimum absolute atomic E-state index is 0.0323. The maximum absolute atomic E-state index is 12.8. The molecular weight excluding hydrogens is 383 g/mol. The molecular formula is C21H25F3N3O2+. The van der Waals surface area contributed by atoms with Crippen molar-refractivity contribution in [3.05, 3.63) is 59.2 Å². The largest absolute Gasteiger partial charge is 0.416 e. The first-order valence-corrected chi connectivity index (χ1v) is 9.15. The Morgan fingerprint density at radius 1 is 1.07 bits per heavy atom. The van der Waals surface area contributed by atoms with Crippen LogP contribution in [0.3, 0.4) is 0 Å². The van der Waals surface area contributed by atoms with E-state index in [4.69, 9.17) is 0 Å². The molecule has 0 radical (unpaired) electrons. The first-order chi connectivity index (χ1) is 13.5. The first kappa shape index (κ1) is 22.4. The molecule has 2 aromatic rings. The van der Waals surface area contributed by atoms with E-state index in [0.717, 1.165) is 23.3 Å². The Balaban J connectivity index is 1.97. The molecule has 0 saturated carbocycles. The normalized spacial score (nSPS) is 13.5. The summed E-state index contributed by atoms with van der Waals surface area (Å²) in [6.45, 7) is 5.50. The maximum Gasteiger partial charge on any atom is 0.416 e. The van der Waals surface area contributed by atoms with Crippen molar-refractivity contribution in [3.63, 3.8) is 0 Å². The lowest BCUT2D eigenvalue weighted by atomic mass is 10.1. The topological polar surface area (TPSA) is 62.6 Å². The second-order valence-electron chi connectivity index (χ2n) is 7.11. The van der Waals surface area contributed by atoms with Crippen molar-refractivity contribution in [3.8, 4) is 0 Å². The van der Waals surface area contributed by atoms with Gasteiger partial charge in [-0.2, -0.15) is 13.2 Å². The summed E-state index contributed by atoms with van der Waals surface area (Å²) in [6, 6.07) is 9.40. The van der Waals surface area contributed by atoms with E-state index in [1.54, 1.807) is 20.0 Å². The Bertz CT molecular complexity index is 897. The van der Waals surface area contributed by atoms with Crippen molar-refractivity contribution in [2.45, 2.75) is 33.0 Å². The number of carbonyl (C=O) groups is 2. The number of carbonyl (C=O) groups excluding carboxylic acids is 2. The minimum atomic E-state index is -4.49. The number of amides is 2. The number of hydrogen-bond acceptors (Lipinski definition) is 2. The molecule has 2 amide bonds. The van der Waals surface area contributed by atoms with Crippen molar-refractivity contribution < 1.29 is 27.7 Å². The number of anilines is 2. The van der Waals surface area contributed by atoms with E-state index >= 15 is 0 Å². The maximum atomic E-state index is 12.8. The van der Waals surface area contributed by atoms with Crippen molar-refractivity contribution in [2.24, 2.45) is 0 Å². The molecule has 3 N–H and O–H groups in total. The van der Waals surface area contributed by atoms with Crippen LogP contribution in [0.2, 0.25) is 0 Å². The molecule has 0 fully saturated rings. The molecule has 2 aromatic carbocycles. The summed E-state index contributed by atoms with van der Waals surface area (Å²) in [5, 5.41) is 5.32. The Morgan fingerprint density at radius 3 is 2.38 bits per heavy atom. The fourth-order valence-electron chi connectivity index (χ4n) is 2.73. The Kier molecular flexibility index (Phi) is 7.02. The molecule has 8 heteroatoms. The van der Waals surface area contributed by atoms with Crippen molar-refractivity contribution in [2.75, 3.05) is 24.2 Å². The third-order valence-electron chi connectivity index (χ3n) is 4.91. The van der Waals surface area contributed by atoms with Gasteiger partial charge in [-0.1, -0.05) is 18.2 Å². The number of rotatable bonds is 6. The van der Waals surface area contributed by atoms with Gasteiger partial charge in [0.1, 0.15) is 0 Å². The zero-order valence-corrected chi connectivity index (χ0v) is 16.8. The number of likely N-dealkylation sites (N-methyl/N-ethyl adjacent to an activating group) is 1. The third kappa shape index (κ3) is 6.05. The van der Waals surface area contributed by atoms with Crippen LogP contribution in [-0.4, -0.2) is 31.4 Å². The molecule has 0 aromatic heterocycles. The molecule has 156 valence electrons. The van der Waals surface area contributed by atoms with Crippen molar-refractivity contribution >= 4 is 23.2 Å². The summed E-state index contributed by atoms with van der Waals surface area (Å²) < 4.78 is 38.4.